The van der Waals surface area contributed by atoms with E-state index in [0.717, 1.165) is 25.1 Å². The highest BCUT2D eigenvalue weighted by Gasteiger charge is 2.19. The van der Waals surface area contributed by atoms with Gasteiger partial charge in [0.05, 0.1) is 0 Å². The Bertz CT molecular complexity index is 1050. The topological polar surface area (TPSA) is 66.2 Å². The van der Waals surface area contributed by atoms with E-state index < -0.39 is 0 Å². The first kappa shape index (κ1) is 16.3. The Morgan fingerprint density at radius 1 is 1.25 bits per heavy atom. The monoisotopic (exact) mass is 329 g/mol. The number of aryl methyl sites for hydroxylation is 3. The van der Waals surface area contributed by atoms with Gasteiger partial charge < -0.3 is 4.57 Å². The maximum atomic E-state index is 12.9. The van der Waals surface area contributed by atoms with E-state index in [1.165, 1.54) is 9.13 Å². The summed E-state index contributed by atoms with van der Waals surface area (Å²) in [5, 5.41) is 0. The van der Waals surface area contributed by atoms with Crippen molar-refractivity contribution in [1.29, 1.82) is 0 Å². The van der Waals surface area contributed by atoms with Crippen LogP contribution in [0.5, 0.6) is 0 Å². The molecule has 0 saturated carbocycles. The smallest absolute Gasteiger partial charge is 0.314 e. The standard InChI is InChI=1S/C17H23N5O2/c1-5-7-9-20-12(3)11-22-13-14(18-16(20)22)19(4)17(24)21(15(13)23)10-8-6-2/h6,8,11H,5,7,9-10H2,1-4H3/b8-6+. The van der Waals surface area contributed by atoms with Gasteiger partial charge in [0.25, 0.3) is 5.56 Å². The molecule has 3 heterocycles. The van der Waals surface area contributed by atoms with Crippen molar-refractivity contribution in [3.8, 4) is 0 Å². The van der Waals surface area contributed by atoms with Crippen LogP contribution in [0.3, 0.4) is 0 Å². The first-order valence-electron chi connectivity index (χ1n) is 8.30. The van der Waals surface area contributed by atoms with Crippen LogP contribution in [0.15, 0.2) is 27.9 Å². The summed E-state index contributed by atoms with van der Waals surface area (Å²) in [5.41, 5.74) is 1.30. The number of hydrogen-bond acceptors (Lipinski definition) is 3. The molecule has 7 nitrogen and oxygen atoms in total. The zero-order valence-electron chi connectivity index (χ0n) is 14.6. The third-order valence-electron chi connectivity index (χ3n) is 4.40. The van der Waals surface area contributed by atoms with Crippen molar-refractivity contribution in [2.24, 2.45) is 7.05 Å². The number of nitrogens with zero attached hydrogens (tertiary/aromatic N) is 5. The number of rotatable bonds is 5. The second-order valence-corrected chi connectivity index (χ2v) is 6.06. The van der Waals surface area contributed by atoms with Gasteiger partial charge in [0.2, 0.25) is 5.78 Å². The fourth-order valence-electron chi connectivity index (χ4n) is 3.02. The number of allylic oxidation sites excluding steroid dienone is 2. The summed E-state index contributed by atoms with van der Waals surface area (Å²) in [4.78, 5) is 29.9. The molecule has 0 saturated heterocycles. The molecular weight excluding hydrogens is 306 g/mol. The minimum absolute atomic E-state index is 0.265. The number of hydrogen-bond donors (Lipinski definition) is 0. The second kappa shape index (κ2) is 6.14. The third-order valence-corrected chi connectivity index (χ3v) is 4.40. The molecule has 0 fully saturated rings. The van der Waals surface area contributed by atoms with Crippen LogP contribution in [0.1, 0.15) is 32.4 Å². The van der Waals surface area contributed by atoms with Crippen LogP contribution < -0.4 is 11.2 Å². The summed E-state index contributed by atoms with van der Waals surface area (Å²) in [5.74, 6) is 0.715. The Morgan fingerprint density at radius 2 is 2.00 bits per heavy atom. The van der Waals surface area contributed by atoms with Crippen LogP contribution in [0.2, 0.25) is 0 Å². The summed E-state index contributed by atoms with van der Waals surface area (Å²) < 4.78 is 6.61. The van der Waals surface area contributed by atoms with Crippen LogP contribution in [-0.4, -0.2) is 23.1 Å². The molecule has 0 amide bonds. The summed E-state index contributed by atoms with van der Waals surface area (Å²) in [7, 11) is 1.66. The van der Waals surface area contributed by atoms with Gasteiger partial charge in [-0.15, -0.1) is 0 Å². The molecule has 24 heavy (non-hydrogen) atoms. The normalized spacial score (nSPS) is 12.2. The molecule has 7 heteroatoms. The molecule has 0 aliphatic carbocycles. The number of fused-ring (bicyclic) bond motifs is 3. The van der Waals surface area contributed by atoms with Gasteiger partial charge in [-0.2, -0.15) is 4.98 Å². The Hall–Kier alpha value is -2.57. The van der Waals surface area contributed by atoms with E-state index in [1.54, 1.807) is 13.1 Å². The highest BCUT2D eigenvalue weighted by molar-refractivity contribution is 5.75. The van der Waals surface area contributed by atoms with Crippen molar-refractivity contribution in [3.05, 3.63) is 44.9 Å². The van der Waals surface area contributed by atoms with E-state index in [2.05, 4.69) is 16.5 Å². The lowest BCUT2D eigenvalue weighted by atomic mass is 10.3. The molecule has 128 valence electrons. The fourth-order valence-corrected chi connectivity index (χ4v) is 3.02. The van der Waals surface area contributed by atoms with E-state index in [-0.39, 0.29) is 17.8 Å². The van der Waals surface area contributed by atoms with Crippen LogP contribution in [0.25, 0.3) is 16.9 Å². The van der Waals surface area contributed by atoms with E-state index in [4.69, 9.17) is 0 Å². The Kier molecular flexibility index (Phi) is 4.17. The average Bonchev–Trinajstić information content (AvgIpc) is 3.06. The van der Waals surface area contributed by atoms with E-state index in [9.17, 15) is 9.59 Å². The molecule has 3 aromatic heterocycles. The molecule has 0 N–H and O–H groups in total. The van der Waals surface area contributed by atoms with Crippen molar-refractivity contribution in [2.45, 2.75) is 46.7 Å². The van der Waals surface area contributed by atoms with Gasteiger partial charge in [0, 0.05) is 32.0 Å². The van der Waals surface area contributed by atoms with Crippen LogP contribution in [0, 0.1) is 6.92 Å². The maximum absolute atomic E-state index is 12.9. The Morgan fingerprint density at radius 3 is 2.67 bits per heavy atom. The van der Waals surface area contributed by atoms with Gasteiger partial charge >= 0.3 is 5.69 Å². The maximum Gasteiger partial charge on any atom is 0.332 e. The summed E-state index contributed by atoms with van der Waals surface area (Å²) in [6.07, 6.45) is 7.67. The van der Waals surface area contributed by atoms with Gasteiger partial charge in [0.1, 0.15) is 0 Å². The van der Waals surface area contributed by atoms with Gasteiger partial charge in [-0.3, -0.25) is 18.3 Å². The van der Waals surface area contributed by atoms with Gasteiger partial charge in [0.15, 0.2) is 11.2 Å². The molecule has 0 spiro atoms. The molecule has 0 bridgehead atoms. The zero-order valence-corrected chi connectivity index (χ0v) is 14.6. The highest BCUT2D eigenvalue weighted by Crippen LogP contribution is 2.16. The van der Waals surface area contributed by atoms with Crippen molar-refractivity contribution in [3.63, 3.8) is 0 Å². The molecule has 3 aromatic rings. The largest absolute Gasteiger partial charge is 0.332 e. The number of aromatic nitrogens is 5. The van der Waals surface area contributed by atoms with E-state index >= 15 is 0 Å². The first-order chi connectivity index (χ1) is 11.5. The number of imidazole rings is 2. The summed E-state index contributed by atoms with van der Waals surface area (Å²) in [6, 6.07) is 0. The predicted octanol–water partition coefficient (Wildman–Crippen LogP) is 1.83. The number of unbranched alkanes of at least 4 members (excludes halogenated alkanes) is 1. The lowest BCUT2D eigenvalue weighted by Crippen LogP contribution is -2.39. The van der Waals surface area contributed by atoms with Crippen LogP contribution in [0.4, 0.5) is 0 Å². The molecular formula is C17H23N5O2. The van der Waals surface area contributed by atoms with Crippen LogP contribution in [-0.2, 0) is 20.1 Å². The Labute approximate surface area is 139 Å². The molecule has 0 aliphatic heterocycles. The average molecular weight is 329 g/mol. The van der Waals surface area contributed by atoms with Gasteiger partial charge in [-0.25, -0.2) is 4.79 Å². The van der Waals surface area contributed by atoms with Crippen LogP contribution >= 0.6 is 0 Å². The molecule has 3 rings (SSSR count). The lowest BCUT2D eigenvalue weighted by Gasteiger charge is -2.05. The third kappa shape index (κ3) is 2.31. The lowest BCUT2D eigenvalue weighted by molar-refractivity contribution is 0.631. The highest BCUT2D eigenvalue weighted by atomic mass is 16.2. The minimum Gasteiger partial charge on any atom is -0.314 e. The van der Waals surface area contributed by atoms with E-state index in [0.29, 0.717) is 16.9 Å². The molecule has 0 aromatic carbocycles. The van der Waals surface area contributed by atoms with Crippen molar-refractivity contribution >= 4 is 16.9 Å². The zero-order chi connectivity index (χ0) is 17.4. The fraction of sp³-hybridized carbons (Fsp3) is 0.471. The van der Waals surface area contributed by atoms with Crippen molar-refractivity contribution in [1.82, 2.24) is 23.1 Å². The Balaban J connectivity index is 2.37. The molecule has 0 atom stereocenters. The minimum atomic E-state index is -0.344. The van der Waals surface area contributed by atoms with Crippen molar-refractivity contribution < 1.29 is 0 Å². The van der Waals surface area contributed by atoms with Gasteiger partial charge in [-0.05, 0) is 20.3 Å². The molecule has 0 radical (unpaired) electrons. The predicted molar refractivity (Wildman–Crippen MR) is 94.6 cm³/mol. The SMILES string of the molecule is C/C=C/Cn1c(=O)c2c(nc3n(CCCC)c(C)cn23)n(C)c1=O. The van der Waals surface area contributed by atoms with Gasteiger partial charge in [-0.1, -0.05) is 25.5 Å². The molecule has 0 aliphatic rings. The van der Waals surface area contributed by atoms with E-state index in [1.807, 2.05) is 30.5 Å². The second-order valence-electron chi connectivity index (χ2n) is 6.06. The van der Waals surface area contributed by atoms with Crippen molar-refractivity contribution in [2.75, 3.05) is 0 Å². The summed E-state index contributed by atoms with van der Waals surface area (Å²) >= 11 is 0. The summed E-state index contributed by atoms with van der Waals surface area (Å²) in [6.45, 7) is 7.13. The first-order valence-corrected chi connectivity index (χ1v) is 8.30. The molecule has 0 unspecified atom stereocenters. The quantitative estimate of drug-likeness (QED) is 0.671.